The minimum absolute atomic E-state index is 0.449. The van der Waals surface area contributed by atoms with Gasteiger partial charge in [0.05, 0.1) is 27.5 Å². The Labute approximate surface area is 148 Å². The summed E-state index contributed by atoms with van der Waals surface area (Å²) in [5.41, 5.74) is 3.62. The number of thiocarbonyl (C=S) groups is 1. The van der Waals surface area contributed by atoms with E-state index in [2.05, 4.69) is 15.8 Å². The van der Waals surface area contributed by atoms with Crippen LogP contribution >= 0.6 is 12.2 Å². The van der Waals surface area contributed by atoms with Crippen LogP contribution in [-0.2, 0) is 0 Å². The summed E-state index contributed by atoms with van der Waals surface area (Å²) in [5, 5.41) is 8.04. The van der Waals surface area contributed by atoms with Crippen LogP contribution in [0.3, 0.4) is 0 Å². The minimum Gasteiger partial charge on any atom is -0.496 e. The molecule has 2 rings (SSSR count). The Bertz CT molecular complexity index is 587. The number of benzene rings is 1. The highest BCUT2D eigenvalue weighted by Gasteiger charge is 2.14. The Morgan fingerprint density at radius 2 is 1.67 bits per heavy atom. The molecule has 24 heavy (non-hydrogen) atoms. The second kappa shape index (κ2) is 9.32. The van der Waals surface area contributed by atoms with Crippen LogP contribution in [0.15, 0.2) is 17.2 Å². The number of rotatable bonds is 6. The number of methoxy groups -OCH3 is 3. The lowest BCUT2D eigenvalue weighted by Gasteiger charge is -2.23. The van der Waals surface area contributed by atoms with Crippen LogP contribution in [0.5, 0.6) is 17.2 Å². The summed E-state index contributed by atoms with van der Waals surface area (Å²) in [6.45, 7) is 0. The summed E-state index contributed by atoms with van der Waals surface area (Å²) in [4.78, 5) is 0. The predicted molar refractivity (Wildman–Crippen MR) is 99.4 cm³/mol. The van der Waals surface area contributed by atoms with E-state index >= 15 is 0 Å². The van der Waals surface area contributed by atoms with Crippen LogP contribution in [0, 0.1) is 0 Å². The highest BCUT2D eigenvalue weighted by Crippen LogP contribution is 2.33. The summed E-state index contributed by atoms with van der Waals surface area (Å²) in [5.74, 6) is 1.86. The Kier molecular flexibility index (Phi) is 7.11. The SMILES string of the molecule is COc1cc(OC)c(OC)cc1C=NNC(=S)NC1CCCCC1. The summed E-state index contributed by atoms with van der Waals surface area (Å²) >= 11 is 5.29. The van der Waals surface area contributed by atoms with Crippen molar-refractivity contribution in [3.05, 3.63) is 17.7 Å². The third-order valence-corrected chi connectivity index (χ3v) is 4.26. The number of hydrogen-bond donors (Lipinski definition) is 2. The Balaban J connectivity index is 1.98. The largest absolute Gasteiger partial charge is 0.496 e. The molecule has 0 aliphatic heterocycles. The van der Waals surface area contributed by atoms with Gasteiger partial charge in [-0.15, -0.1) is 0 Å². The van der Waals surface area contributed by atoms with Gasteiger partial charge in [0.15, 0.2) is 16.6 Å². The van der Waals surface area contributed by atoms with Crippen LogP contribution in [0.2, 0.25) is 0 Å². The zero-order valence-corrected chi connectivity index (χ0v) is 15.2. The fraction of sp³-hybridized carbons (Fsp3) is 0.529. The molecule has 1 aromatic rings. The zero-order valence-electron chi connectivity index (χ0n) is 14.4. The summed E-state index contributed by atoms with van der Waals surface area (Å²) in [7, 11) is 4.77. The van der Waals surface area contributed by atoms with Crippen molar-refractivity contribution in [1.29, 1.82) is 0 Å². The molecular weight excluding hydrogens is 326 g/mol. The van der Waals surface area contributed by atoms with E-state index in [0.29, 0.717) is 28.4 Å². The van der Waals surface area contributed by atoms with E-state index in [1.54, 1.807) is 39.7 Å². The number of hydrogen-bond acceptors (Lipinski definition) is 5. The molecule has 1 aromatic carbocycles. The first-order valence-electron chi connectivity index (χ1n) is 8.07. The highest BCUT2D eigenvalue weighted by molar-refractivity contribution is 7.80. The van der Waals surface area contributed by atoms with Crippen LogP contribution in [0.4, 0.5) is 0 Å². The van der Waals surface area contributed by atoms with Crippen molar-refractivity contribution >= 4 is 23.5 Å². The molecule has 1 aliphatic rings. The monoisotopic (exact) mass is 351 g/mol. The standard InChI is InChI=1S/C17H25N3O3S/c1-21-14-10-16(23-3)15(22-2)9-12(14)11-18-20-17(24)19-13-7-5-4-6-8-13/h9-11,13H,4-8H2,1-3H3,(H2,19,20,24). The molecular formula is C17H25N3O3S. The molecule has 0 bridgehead atoms. The second-order valence-electron chi connectivity index (χ2n) is 5.63. The van der Waals surface area contributed by atoms with Gasteiger partial charge < -0.3 is 19.5 Å². The lowest BCUT2D eigenvalue weighted by Crippen LogP contribution is -2.40. The molecule has 0 heterocycles. The third kappa shape index (κ3) is 4.99. The number of hydrazone groups is 1. The van der Waals surface area contributed by atoms with E-state index in [0.717, 1.165) is 18.4 Å². The molecule has 2 N–H and O–H groups in total. The van der Waals surface area contributed by atoms with Crippen molar-refractivity contribution < 1.29 is 14.2 Å². The van der Waals surface area contributed by atoms with Gasteiger partial charge in [0.1, 0.15) is 5.75 Å². The number of ether oxygens (including phenoxy) is 3. The summed E-state index contributed by atoms with van der Waals surface area (Å²) in [6, 6.07) is 4.02. The fourth-order valence-electron chi connectivity index (χ4n) is 2.78. The number of nitrogens with one attached hydrogen (secondary N) is 2. The fourth-order valence-corrected chi connectivity index (χ4v) is 3.00. The lowest BCUT2D eigenvalue weighted by molar-refractivity contribution is 0.349. The van der Waals surface area contributed by atoms with Gasteiger partial charge in [-0.25, -0.2) is 0 Å². The molecule has 1 aliphatic carbocycles. The summed E-state index contributed by atoms with van der Waals surface area (Å²) < 4.78 is 15.9. The molecule has 1 fully saturated rings. The maximum atomic E-state index is 5.36. The maximum absolute atomic E-state index is 5.36. The van der Waals surface area contributed by atoms with Gasteiger partial charge in [-0.1, -0.05) is 19.3 Å². The van der Waals surface area contributed by atoms with Crippen molar-refractivity contribution in [1.82, 2.24) is 10.7 Å². The first-order chi connectivity index (χ1) is 11.7. The molecule has 1 saturated carbocycles. The van der Waals surface area contributed by atoms with Gasteiger partial charge in [0.2, 0.25) is 0 Å². The topological polar surface area (TPSA) is 64.1 Å². The molecule has 0 spiro atoms. The van der Waals surface area contributed by atoms with Gasteiger partial charge in [0.25, 0.3) is 0 Å². The van der Waals surface area contributed by atoms with E-state index in [1.807, 2.05) is 0 Å². The third-order valence-electron chi connectivity index (χ3n) is 4.05. The second-order valence-corrected chi connectivity index (χ2v) is 6.04. The molecule has 0 aromatic heterocycles. The molecule has 0 radical (unpaired) electrons. The smallest absolute Gasteiger partial charge is 0.187 e. The van der Waals surface area contributed by atoms with Crippen LogP contribution in [-0.4, -0.2) is 38.7 Å². The molecule has 132 valence electrons. The minimum atomic E-state index is 0.449. The van der Waals surface area contributed by atoms with E-state index in [9.17, 15) is 0 Å². The van der Waals surface area contributed by atoms with E-state index in [-0.39, 0.29) is 0 Å². The van der Waals surface area contributed by atoms with E-state index in [1.165, 1.54) is 19.3 Å². The van der Waals surface area contributed by atoms with Crippen molar-refractivity contribution in [2.45, 2.75) is 38.1 Å². The first-order valence-corrected chi connectivity index (χ1v) is 8.48. The molecule has 0 atom stereocenters. The lowest BCUT2D eigenvalue weighted by atomic mass is 9.96. The Hall–Kier alpha value is -2.02. The highest BCUT2D eigenvalue weighted by atomic mass is 32.1. The molecule has 6 nitrogen and oxygen atoms in total. The van der Waals surface area contributed by atoms with E-state index in [4.69, 9.17) is 26.4 Å². The zero-order chi connectivity index (χ0) is 17.4. The predicted octanol–water partition coefficient (Wildman–Crippen LogP) is 2.84. The van der Waals surface area contributed by atoms with Gasteiger partial charge in [0, 0.05) is 17.7 Å². The van der Waals surface area contributed by atoms with Gasteiger partial charge >= 0.3 is 0 Å². The first kappa shape index (κ1) is 18.3. The molecule has 0 saturated heterocycles. The van der Waals surface area contributed by atoms with Crippen molar-refractivity contribution in [3.8, 4) is 17.2 Å². The normalized spacial score (nSPS) is 15.1. The number of nitrogens with zero attached hydrogens (tertiary/aromatic N) is 1. The molecule has 7 heteroatoms. The molecule has 0 unspecified atom stereocenters. The van der Waals surface area contributed by atoms with Crippen molar-refractivity contribution in [3.63, 3.8) is 0 Å². The maximum Gasteiger partial charge on any atom is 0.187 e. The van der Waals surface area contributed by atoms with E-state index < -0.39 is 0 Å². The van der Waals surface area contributed by atoms with Crippen LogP contribution < -0.4 is 25.0 Å². The molecule has 0 amide bonds. The Morgan fingerprint density at radius 3 is 2.29 bits per heavy atom. The van der Waals surface area contributed by atoms with Crippen LogP contribution in [0.25, 0.3) is 0 Å². The van der Waals surface area contributed by atoms with Crippen molar-refractivity contribution in [2.75, 3.05) is 21.3 Å². The summed E-state index contributed by atoms with van der Waals surface area (Å²) in [6.07, 6.45) is 7.80. The van der Waals surface area contributed by atoms with Gasteiger partial charge in [-0.2, -0.15) is 5.10 Å². The van der Waals surface area contributed by atoms with Gasteiger partial charge in [-0.3, -0.25) is 5.43 Å². The van der Waals surface area contributed by atoms with Crippen LogP contribution in [0.1, 0.15) is 37.7 Å². The average Bonchev–Trinajstić information content (AvgIpc) is 2.62. The quantitative estimate of drug-likeness (QED) is 0.467. The van der Waals surface area contributed by atoms with Crippen molar-refractivity contribution in [2.24, 2.45) is 5.10 Å². The Morgan fingerprint density at radius 1 is 1.04 bits per heavy atom. The van der Waals surface area contributed by atoms with Gasteiger partial charge in [-0.05, 0) is 31.1 Å². The average molecular weight is 351 g/mol.